The first kappa shape index (κ1) is 13.9. The molecule has 0 fully saturated rings. The highest BCUT2D eigenvalue weighted by molar-refractivity contribution is 6.31. The van der Waals surface area contributed by atoms with Crippen LogP contribution in [0.5, 0.6) is 0 Å². The summed E-state index contributed by atoms with van der Waals surface area (Å²) in [5.41, 5.74) is 7.36. The van der Waals surface area contributed by atoms with Gasteiger partial charge < -0.3 is 10.3 Å². The maximum atomic E-state index is 14.1. The van der Waals surface area contributed by atoms with E-state index < -0.39 is 5.82 Å². The SMILES string of the molecule is CCC(CC)c1noc(N)c1-c1cccc(Cl)c1F. The van der Waals surface area contributed by atoms with Crippen LogP contribution in [0.15, 0.2) is 22.7 Å². The van der Waals surface area contributed by atoms with Crippen LogP contribution in [-0.2, 0) is 0 Å². The van der Waals surface area contributed by atoms with Crippen LogP contribution >= 0.6 is 11.6 Å². The highest BCUT2D eigenvalue weighted by atomic mass is 35.5. The summed E-state index contributed by atoms with van der Waals surface area (Å²) in [6.07, 6.45) is 1.77. The molecule has 2 aromatic rings. The number of aromatic nitrogens is 1. The van der Waals surface area contributed by atoms with Gasteiger partial charge in [-0.15, -0.1) is 0 Å². The summed E-state index contributed by atoms with van der Waals surface area (Å²) in [5, 5.41) is 4.06. The monoisotopic (exact) mass is 282 g/mol. The van der Waals surface area contributed by atoms with Gasteiger partial charge in [0, 0.05) is 11.5 Å². The maximum Gasteiger partial charge on any atom is 0.230 e. The minimum atomic E-state index is -0.494. The molecule has 5 heteroatoms. The van der Waals surface area contributed by atoms with Crippen LogP contribution in [0.1, 0.15) is 38.3 Å². The normalized spacial score (nSPS) is 11.2. The summed E-state index contributed by atoms with van der Waals surface area (Å²) in [4.78, 5) is 0. The molecule has 0 aliphatic rings. The number of nitrogens with two attached hydrogens (primary N) is 1. The summed E-state index contributed by atoms with van der Waals surface area (Å²) < 4.78 is 19.2. The van der Waals surface area contributed by atoms with E-state index in [1.807, 2.05) is 0 Å². The Kier molecular flexibility index (Phi) is 4.10. The number of nitrogen functional groups attached to an aromatic ring is 1. The number of nitrogens with zero attached hydrogens (tertiary/aromatic N) is 1. The minimum absolute atomic E-state index is 0.0635. The number of rotatable bonds is 4. The molecule has 0 bridgehead atoms. The van der Waals surface area contributed by atoms with Crippen molar-refractivity contribution in [1.82, 2.24) is 5.16 Å². The summed E-state index contributed by atoms with van der Waals surface area (Å²) in [7, 11) is 0. The molecule has 0 aliphatic carbocycles. The van der Waals surface area contributed by atoms with E-state index in [9.17, 15) is 4.39 Å². The van der Waals surface area contributed by atoms with E-state index in [1.165, 1.54) is 6.07 Å². The molecule has 0 radical (unpaired) electrons. The molecule has 1 aromatic heterocycles. The molecule has 0 unspecified atom stereocenters. The highest BCUT2D eigenvalue weighted by Crippen LogP contribution is 2.38. The minimum Gasteiger partial charge on any atom is -0.367 e. The third kappa shape index (κ3) is 2.45. The van der Waals surface area contributed by atoms with Crippen molar-refractivity contribution in [2.45, 2.75) is 32.6 Å². The van der Waals surface area contributed by atoms with Gasteiger partial charge in [0.15, 0.2) is 0 Å². The number of hydrogen-bond donors (Lipinski definition) is 1. The van der Waals surface area contributed by atoms with E-state index in [0.717, 1.165) is 12.8 Å². The van der Waals surface area contributed by atoms with E-state index >= 15 is 0 Å². The summed E-state index contributed by atoms with van der Waals surface area (Å²) in [6.45, 7) is 4.11. The van der Waals surface area contributed by atoms with Gasteiger partial charge in [0.1, 0.15) is 5.82 Å². The molecule has 0 amide bonds. The van der Waals surface area contributed by atoms with Crippen LogP contribution in [0.3, 0.4) is 0 Å². The third-order valence-electron chi connectivity index (χ3n) is 3.34. The topological polar surface area (TPSA) is 52.0 Å². The van der Waals surface area contributed by atoms with Gasteiger partial charge in [0.2, 0.25) is 5.88 Å². The Hall–Kier alpha value is -1.55. The number of hydrogen-bond acceptors (Lipinski definition) is 3. The van der Waals surface area contributed by atoms with Gasteiger partial charge >= 0.3 is 0 Å². The first-order valence-corrected chi connectivity index (χ1v) is 6.67. The van der Waals surface area contributed by atoms with Gasteiger partial charge in [-0.2, -0.15) is 0 Å². The molecule has 0 aliphatic heterocycles. The molecule has 1 heterocycles. The van der Waals surface area contributed by atoms with Crippen LogP contribution < -0.4 is 5.73 Å². The molecule has 0 atom stereocenters. The van der Waals surface area contributed by atoms with Crippen molar-refractivity contribution in [3.63, 3.8) is 0 Å². The second kappa shape index (κ2) is 5.61. The zero-order chi connectivity index (χ0) is 14.0. The Bertz CT molecular complexity index is 579. The molecular weight excluding hydrogens is 267 g/mol. The van der Waals surface area contributed by atoms with Crippen molar-refractivity contribution in [3.8, 4) is 11.1 Å². The van der Waals surface area contributed by atoms with Crippen molar-refractivity contribution in [3.05, 3.63) is 34.7 Å². The van der Waals surface area contributed by atoms with E-state index in [0.29, 0.717) is 16.8 Å². The predicted molar refractivity (Wildman–Crippen MR) is 74.6 cm³/mol. The Morgan fingerprint density at radius 3 is 2.68 bits per heavy atom. The lowest BCUT2D eigenvalue weighted by atomic mass is 9.93. The molecule has 2 N–H and O–H groups in total. The van der Waals surface area contributed by atoms with Crippen LogP contribution in [0.25, 0.3) is 11.1 Å². The maximum absolute atomic E-state index is 14.1. The van der Waals surface area contributed by atoms with Gasteiger partial charge in [-0.3, -0.25) is 0 Å². The van der Waals surface area contributed by atoms with Crippen molar-refractivity contribution < 1.29 is 8.91 Å². The molecule has 0 spiro atoms. The van der Waals surface area contributed by atoms with E-state index in [1.54, 1.807) is 12.1 Å². The largest absolute Gasteiger partial charge is 0.367 e. The van der Waals surface area contributed by atoms with Gasteiger partial charge in [0.25, 0.3) is 0 Å². The average molecular weight is 283 g/mol. The van der Waals surface area contributed by atoms with Crippen molar-refractivity contribution in [2.75, 3.05) is 5.73 Å². The van der Waals surface area contributed by atoms with Crippen molar-refractivity contribution in [2.24, 2.45) is 0 Å². The lowest BCUT2D eigenvalue weighted by Crippen LogP contribution is -2.00. The molecule has 2 rings (SSSR count). The van der Waals surface area contributed by atoms with E-state index in [4.69, 9.17) is 21.9 Å². The van der Waals surface area contributed by atoms with Crippen LogP contribution in [0.2, 0.25) is 5.02 Å². The number of benzene rings is 1. The predicted octanol–water partition coefficient (Wildman–Crippen LogP) is 4.62. The number of halogens is 2. The molecule has 0 saturated carbocycles. The lowest BCUT2D eigenvalue weighted by Gasteiger charge is -2.11. The average Bonchev–Trinajstić information content (AvgIpc) is 2.77. The quantitative estimate of drug-likeness (QED) is 0.890. The van der Waals surface area contributed by atoms with E-state index in [2.05, 4.69) is 19.0 Å². The Morgan fingerprint density at radius 2 is 2.05 bits per heavy atom. The van der Waals surface area contributed by atoms with Crippen LogP contribution in [-0.4, -0.2) is 5.16 Å². The van der Waals surface area contributed by atoms with Gasteiger partial charge in [0.05, 0.1) is 16.3 Å². The first-order chi connectivity index (χ1) is 9.10. The smallest absolute Gasteiger partial charge is 0.230 e. The van der Waals surface area contributed by atoms with Gasteiger partial charge in [-0.25, -0.2) is 4.39 Å². The lowest BCUT2D eigenvalue weighted by molar-refractivity contribution is 0.416. The van der Waals surface area contributed by atoms with Crippen LogP contribution in [0, 0.1) is 5.82 Å². The fourth-order valence-corrected chi connectivity index (χ4v) is 2.41. The summed E-state index contributed by atoms with van der Waals surface area (Å²) >= 11 is 5.82. The zero-order valence-corrected chi connectivity index (χ0v) is 11.7. The second-order valence-electron chi connectivity index (χ2n) is 4.42. The fraction of sp³-hybridized carbons (Fsp3) is 0.357. The summed E-state index contributed by atoms with van der Waals surface area (Å²) in [6, 6.07) is 4.82. The molecular formula is C14H16ClFN2O. The first-order valence-electron chi connectivity index (χ1n) is 6.29. The molecule has 19 heavy (non-hydrogen) atoms. The second-order valence-corrected chi connectivity index (χ2v) is 4.83. The Morgan fingerprint density at radius 1 is 1.37 bits per heavy atom. The molecule has 0 saturated heterocycles. The van der Waals surface area contributed by atoms with Crippen molar-refractivity contribution >= 4 is 17.5 Å². The standard InChI is InChI=1S/C14H16ClFN2O/c1-3-8(4-2)13-11(14(17)19-18-13)9-6-5-7-10(15)12(9)16/h5-8H,3-4,17H2,1-2H3. The zero-order valence-electron chi connectivity index (χ0n) is 10.9. The van der Waals surface area contributed by atoms with Gasteiger partial charge in [-0.1, -0.05) is 42.7 Å². The third-order valence-corrected chi connectivity index (χ3v) is 3.63. The van der Waals surface area contributed by atoms with E-state index in [-0.39, 0.29) is 16.8 Å². The fourth-order valence-electron chi connectivity index (χ4n) is 2.24. The highest BCUT2D eigenvalue weighted by Gasteiger charge is 2.24. The summed E-state index contributed by atoms with van der Waals surface area (Å²) in [5.74, 6) is -0.177. The molecule has 102 valence electrons. The van der Waals surface area contributed by atoms with Gasteiger partial charge in [-0.05, 0) is 18.9 Å². The molecule has 3 nitrogen and oxygen atoms in total. The Balaban J connectivity index is 2.62. The molecule has 1 aromatic carbocycles. The van der Waals surface area contributed by atoms with Crippen molar-refractivity contribution in [1.29, 1.82) is 0 Å². The Labute approximate surface area is 116 Å². The number of anilines is 1. The van der Waals surface area contributed by atoms with Crippen LogP contribution in [0.4, 0.5) is 10.3 Å².